The maximum Gasteiger partial charge on any atom is 0.331 e. The van der Waals surface area contributed by atoms with Crippen LogP contribution in [0.2, 0.25) is 0 Å². The third kappa shape index (κ3) is 1.89. The van der Waals surface area contributed by atoms with Gasteiger partial charge < -0.3 is 10.2 Å². The van der Waals surface area contributed by atoms with Crippen molar-refractivity contribution in [3.8, 4) is 0 Å². The Morgan fingerprint density at radius 3 is 2.40 bits per heavy atom. The van der Waals surface area contributed by atoms with Crippen LogP contribution in [-0.4, -0.2) is 22.2 Å². The van der Waals surface area contributed by atoms with E-state index in [4.69, 9.17) is 15.7 Å². The van der Waals surface area contributed by atoms with Crippen molar-refractivity contribution in [2.75, 3.05) is 0 Å². The molecule has 0 aliphatic carbocycles. The zero-order chi connectivity index (χ0) is 11.5. The van der Waals surface area contributed by atoms with Gasteiger partial charge in [-0.1, -0.05) is 6.55 Å². The topological polar surface area (TPSA) is 74.6 Å². The van der Waals surface area contributed by atoms with E-state index in [2.05, 4.69) is 0 Å². The fourth-order valence-corrected chi connectivity index (χ4v) is 0.257. The van der Waals surface area contributed by atoms with Crippen LogP contribution in [-0.2, 0) is 9.59 Å². The summed E-state index contributed by atoms with van der Waals surface area (Å²) in [6.45, 7) is -2.75. The quantitative estimate of drug-likeness (QED) is 0.566. The van der Waals surface area contributed by atoms with Crippen LogP contribution < -0.4 is 0 Å². The lowest BCUT2D eigenvalue weighted by Crippen LogP contribution is -2.17. The first-order valence-corrected chi connectivity index (χ1v) is 2.26. The minimum atomic E-state index is -2.98. The molecule has 4 nitrogen and oxygen atoms in total. The predicted octanol–water partition coefficient (Wildman–Crippen LogP) is 0.348. The molecule has 0 heterocycles. The third-order valence-electron chi connectivity index (χ3n) is 0.805. The monoisotopic (exact) mass is 148 g/mol. The average Bonchev–Trinajstić information content (AvgIpc) is 1.95. The molecular formula is C6H8O4. The standard InChI is InChI=1S/C6H8O4/c1-3(5(7)8)4(2)6(9)10/h4H,1H2,2H3,(H,7,8)(H,9,10)/t4-/m1/s1/i1D,2D3. The van der Waals surface area contributed by atoms with E-state index in [0.717, 1.165) is 0 Å². The lowest BCUT2D eigenvalue weighted by molar-refractivity contribution is -0.143. The summed E-state index contributed by atoms with van der Waals surface area (Å²) in [5.41, 5.74) is -0.961. The molecule has 56 valence electrons. The molecule has 0 spiro atoms. The van der Waals surface area contributed by atoms with Gasteiger partial charge in [-0.3, -0.25) is 4.79 Å². The summed E-state index contributed by atoms with van der Waals surface area (Å²) >= 11 is 0. The molecule has 0 fully saturated rings. The lowest BCUT2D eigenvalue weighted by Gasteiger charge is -2.03. The summed E-state index contributed by atoms with van der Waals surface area (Å²) in [6, 6.07) is 0. The Morgan fingerprint density at radius 1 is 1.70 bits per heavy atom. The first kappa shape index (κ1) is 3.75. The molecule has 0 unspecified atom stereocenters. The van der Waals surface area contributed by atoms with Gasteiger partial charge in [0.05, 0.1) is 7.29 Å². The van der Waals surface area contributed by atoms with Gasteiger partial charge in [0.15, 0.2) is 0 Å². The Balaban J connectivity index is 5.22. The first-order valence-electron chi connectivity index (χ1n) is 4.34. The average molecular weight is 148 g/mol. The van der Waals surface area contributed by atoms with Crippen LogP contribution in [0.3, 0.4) is 0 Å². The molecule has 0 saturated heterocycles. The number of hydrogen-bond donors (Lipinski definition) is 2. The summed E-state index contributed by atoms with van der Waals surface area (Å²) in [5, 5.41) is 17.0. The summed E-state index contributed by atoms with van der Waals surface area (Å²) in [5.74, 6) is -5.67. The van der Waals surface area contributed by atoms with Crippen molar-refractivity contribution >= 4 is 11.9 Å². The lowest BCUT2D eigenvalue weighted by atomic mass is 10.0. The molecule has 0 saturated carbocycles. The van der Waals surface area contributed by atoms with Crippen LogP contribution in [0.1, 0.15) is 12.3 Å². The molecule has 10 heavy (non-hydrogen) atoms. The van der Waals surface area contributed by atoms with E-state index in [-0.39, 0.29) is 6.55 Å². The Hall–Kier alpha value is -1.32. The second kappa shape index (κ2) is 3.00. The molecule has 2 N–H and O–H groups in total. The minimum Gasteiger partial charge on any atom is -0.481 e. The van der Waals surface area contributed by atoms with Gasteiger partial charge >= 0.3 is 11.9 Å². The number of hydrogen-bond acceptors (Lipinski definition) is 2. The summed E-state index contributed by atoms with van der Waals surface area (Å²) < 4.78 is 27.1. The van der Waals surface area contributed by atoms with Gasteiger partial charge in [0.25, 0.3) is 0 Å². The Labute approximate surface area is 63.4 Å². The van der Waals surface area contributed by atoms with E-state index in [0.29, 0.717) is 0 Å². The Bertz CT molecular complexity index is 280. The molecule has 0 aromatic heterocycles. The molecule has 0 aliphatic heterocycles. The highest BCUT2D eigenvalue weighted by Gasteiger charge is 2.19. The van der Waals surface area contributed by atoms with Crippen molar-refractivity contribution in [1.29, 1.82) is 0 Å². The molecule has 0 aromatic rings. The maximum atomic E-state index is 10.5. The molecule has 0 aliphatic rings. The fourth-order valence-electron chi connectivity index (χ4n) is 0.257. The summed E-state index contributed by atoms with van der Waals surface area (Å²) in [6.07, 6.45) is 0. The van der Waals surface area contributed by atoms with Crippen LogP contribution in [0.5, 0.6) is 0 Å². The van der Waals surface area contributed by atoms with Gasteiger partial charge in [-0.05, 0) is 6.85 Å². The van der Waals surface area contributed by atoms with Crippen LogP contribution in [0.15, 0.2) is 12.1 Å². The first-order chi connectivity index (χ1) is 6.21. The number of carboxylic acid groups (broad SMARTS) is 2. The van der Waals surface area contributed by atoms with Crippen LogP contribution in [0.25, 0.3) is 0 Å². The summed E-state index contributed by atoms with van der Waals surface area (Å²) in [4.78, 5) is 20.9. The minimum absolute atomic E-state index is 0.230. The Morgan fingerprint density at radius 2 is 2.30 bits per heavy atom. The van der Waals surface area contributed by atoms with Gasteiger partial charge in [0, 0.05) is 9.69 Å². The van der Waals surface area contributed by atoms with E-state index in [9.17, 15) is 9.59 Å². The van der Waals surface area contributed by atoms with Crippen LogP contribution in [0.4, 0.5) is 0 Å². The van der Waals surface area contributed by atoms with Crippen molar-refractivity contribution in [2.24, 2.45) is 5.92 Å². The van der Waals surface area contributed by atoms with Crippen molar-refractivity contribution in [3.63, 3.8) is 0 Å². The molecule has 0 bridgehead atoms. The molecule has 1 atom stereocenters. The number of aliphatic carboxylic acids is 2. The largest absolute Gasteiger partial charge is 0.481 e. The fraction of sp³-hybridized carbons (Fsp3) is 0.333. The van der Waals surface area contributed by atoms with Crippen LogP contribution >= 0.6 is 0 Å². The number of carboxylic acids is 2. The van der Waals surface area contributed by atoms with Gasteiger partial charge in [0.2, 0.25) is 0 Å². The maximum absolute atomic E-state index is 10.5. The highest BCUT2D eigenvalue weighted by molar-refractivity contribution is 5.92. The van der Waals surface area contributed by atoms with Crippen molar-refractivity contribution in [3.05, 3.63) is 12.1 Å². The highest BCUT2D eigenvalue weighted by atomic mass is 16.4. The van der Waals surface area contributed by atoms with E-state index < -0.39 is 30.3 Å². The molecule has 0 aromatic carbocycles. The predicted molar refractivity (Wildman–Crippen MR) is 33.6 cm³/mol. The second-order valence-corrected chi connectivity index (χ2v) is 1.53. The van der Waals surface area contributed by atoms with Crippen molar-refractivity contribution in [2.45, 2.75) is 6.85 Å². The van der Waals surface area contributed by atoms with E-state index in [1.165, 1.54) is 0 Å². The third-order valence-corrected chi connectivity index (χ3v) is 0.805. The molecular weight excluding hydrogens is 136 g/mol. The molecule has 4 heteroatoms. The molecule has 0 amide bonds. The van der Waals surface area contributed by atoms with E-state index >= 15 is 0 Å². The molecule has 0 rings (SSSR count). The van der Waals surface area contributed by atoms with Crippen molar-refractivity contribution in [1.82, 2.24) is 0 Å². The van der Waals surface area contributed by atoms with E-state index in [1.54, 1.807) is 0 Å². The zero-order valence-corrected chi connectivity index (χ0v) is 4.87. The van der Waals surface area contributed by atoms with Gasteiger partial charge in [-0.25, -0.2) is 4.79 Å². The number of carbonyl (C=O) groups is 2. The molecule has 0 radical (unpaired) electrons. The smallest absolute Gasteiger partial charge is 0.331 e. The van der Waals surface area contributed by atoms with Crippen molar-refractivity contribution < 1.29 is 25.3 Å². The normalized spacial score (nSPS) is 21.4. The highest BCUT2D eigenvalue weighted by Crippen LogP contribution is 2.07. The number of rotatable bonds is 3. The SMILES string of the molecule is [2H]C=C(C(=O)O)[C@H](C(=O)O)C([2H])([2H])[2H]. The van der Waals surface area contributed by atoms with Gasteiger partial charge in [-0.2, -0.15) is 0 Å². The zero-order valence-electron chi connectivity index (χ0n) is 8.87. The summed E-state index contributed by atoms with van der Waals surface area (Å²) in [7, 11) is 0. The van der Waals surface area contributed by atoms with Gasteiger partial charge in [0.1, 0.15) is 0 Å². The van der Waals surface area contributed by atoms with Crippen LogP contribution in [0, 0.1) is 5.92 Å². The van der Waals surface area contributed by atoms with E-state index in [1.807, 2.05) is 0 Å². The second-order valence-electron chi connectivity index (χ2n) is 1.53. The Kier molecular flexibility index (Phi) is 1.13. The van der Waals surface area contributed by atoms with Gasteiger partial charge in [-0.15, -0.1) is 0 Å².